The van der Waals surface area contributed by atoms with Crippen molar-refractivity contribution >= 4 is 17.9 Å². The maximum Gasteiger partial charge on any atom is 0.309 e. The van der Waals surface area contributed by atoms with Gasteiger partial charge in [-0.3, -0.25) is 9.93 Å². The highest BCUT2D eigenvalue weighted by Gasteiger charge is 2.63. The third kappa shape index (κ3) is 2.01. The number of methoxy groups -OCH3 is 1. The number of rotatable bonds is 3. The molecule has 1 aliphatic carbocycles. The van der Waals surface area contributed by atoms with E-state index in [2.05, 4.69) is 0 Å². The van der Waals surface area contributed by atoms with Gasteiger partial charge >= 0.3 is 5.97 Å². The summed E-state index contributed by atoms with van der Waals surface area (Å²) in [5.74, 6) is -0.761. The van der Waals surface area contributed by atoms with Crippen LogP contribution in [0.5, 0.6) is 0 Å². The van der Waals surface area contributed by atoms with Crippen LogP contribution in [0.2, 0.25) is 0 Å². The minimum Gasteiger partial charge on any atom is -0.469 e. The van der Waals surface area contributed by atoms with E-state index in [1.54, 1.807) is 6.07 Å². The molecule has 2 N–H and O–H groups in total. The molecule has 0 aliphatic heterocycles. The lowest BCUT2D eigenvalue weighted by Gasteiger charge is -2.05. The van der Waals surface area contributed by atoms with Gasteiger partial charge in [0.15, 0.2) is 0 Å². The first kappa shape index (κ1) is 13.4. The molecule has 0 aromatic heterocycles. The maximum atomic E-state index is 13.7. The third-order valence-electron chi connectivity index (χ3n) is 3.72. The predicted octanol–water partition coefficient (Wildman–Crippen LogP) is 2.70. The molecule has 1 aromatic carbocycles. The first-order valence-electron chi connectivity index (χ1n) is 5.67. The Labute approximate surface area is 110 Å². The molecule has 1 saturated carbocycles. The molecule has 0 heterocycles. The number of benzene rings is 1. The number of esters is 1. The van der Waals surface area contributed by atoms with Crippen LogP contribution < -0.4 is 5.14 Å². The van der Waals surface area contributed by atoms with Crippen molar-refractivity contribution in [2.24, 2.45) is 16.5 Å². The zero-order valence-corrected chi connectivity index (χ0v) is 11.4. The fraction of sp³-hybridized carbons (Fsp3) is 0.462. The van der Waals surface area contributed by atoms with Gasteiger partial charge < -0.3 is 4.74 Å². The second kappa shape index (κ2) is 4.55. The molecule has 2 unspecified atom stereocenters. The highest BCUT2D eigenvalue weighted by molar-refractivity contribution is 7.97. The molecule has 2 atom stereocenters. The van der Waals surface area contributed by atoms with E-state index in [9.17, 15) is 9.18 Å². The van der Waals surface area contributed by atoms with Gasteiger partial charge in [0.2, 0.25) is 0 Å². The van der Waals surface area contributed by atoms with Gasteiger partial charge in [0.25, 0.3) is 0 Å². The molecule has 0 bridgehead atoms. The summed E-state index contributed by atoms with van der Waals surface area (Å²) in [6, 6.07) is 4.94. The van der Waals surface area contributed by atoms with E-state index in [1.807, 2.05) is 19.9 Å². The first-order chi connectivity index (χ1) is 8.43. The number of carbonyl (C=O) groups is 1. The SMILES string of the molecule is COC(=O)C1C(c2ccc(SN)c(F)c2)C1(C)C. The van der Waals surface area contributed by atoms with E-state index >= 15 is 0 Å². The van der Waals surface area contributed by atoms with Crippen LogP contribution in [0, 0.1) is 17.2 Å². The Morgan fingerprint density at radius 2 is 2.17 bits per heavy atom. The fourth-order valence-electron chi connectivity index (χ4n) is 2.63. The van der Waals surface area contributed by atoms with Crippen LogP contribution in [-0.2, 0) is 9.53 Å². The molecule has 0 saturated heterocycles. The zero-order chi connectivity index (χ0) is 13.5. The quantitative estimate of drug-likeness (QED) is 0.677. The molecular formula is C13H16FNO2S. The molecular weight excluding hydrogens is 253 g/mol. The smallest absolute Gasteiger partial charge is 0.309 e. The normalized spacial score (nSPS) is 24.7. The van der Waals surface area contributed by atoms with Crippen molar-refractivity contribution < 1.29 is 13.9 Å². The van der Waals surface area contributed by atoms with Crippen molar-refractivity contribution in [3.05, 3.63) is 29.6 Å². The van der Waals surface area contributed by atoms with Crippen LogP contribution in [0.1, 0.15) is 25.3 Å². The molecule has 0 radical (unpaired) electrons. The van der Waals surface area contributed by atoms with Crippen LogP contribution >= 0.6 is 11.9 Å². The standard InChI is InChI=1S/C13H16FNO2S/c1-13(2)10(11(13)12(16)17-3)7-4-5-9(18-15)8(14)6-7/h4-6,10-11H,15H2,1-3H3. The summed E-state index contributed by atoms with van der Waals surface area (Å²) in [5.41, 5.74) is 0.641. The van der Waals surface area contributed by atoms with E-state index in [0.29, 0.717) is 4.90 Å². The number of hydrogen-bond donors (Lipinski definition) is 1. The summed E-state index contributed by atoms with van der Waals surface area (Å²) < 4.78 is 18.5. The summed E-state index contributed by atoms with van der Waals surface area (Å²) in [6.45, 7) is 3.98. The van der Waals surface area contributed by atoms with Crippen LogP contribution in [0.25, 0.3) is 0 Å². The number of nitrogens with two attached hydrogens (primary N) is 1. The van der Waals surface area contributed by atoms with Crippen molar-refractivity contribution in [3.8, 4) is 0 Å². The molecule has 3 nitrogen and oxygen atoms in total. The number of ether oxygens (including phenoxy) is 1. The average Bonchev–Trinajstić information content (AvgIpc) is 2.91. The van der Waals surface area contributed by atoms with Gasteiger partial charge in [-0.05, 0) is 35.1 Å². The monoisotopic (exact) mass is 269 g/mol. The van der Waals surface area contributed by atoms with Crippen molar-refractivity contribution in [2.75, 3.05) is 7.11 Å². The second-order valence-electron chi connectivity index (χ2n) is 5.11. The van der Waals surface area contributed by atoms with Gasteiger partial charge in [0.1, 0.15) is 5.82 Å². The molecule has 0 amide bonds. The summed E-state index contributed by atoms with van der Waals surface area (Å²) in [6.07, 6.45) is 0. The summed E-state index contributed by atoms with van der Waals surface area (Å²) in [4.78, 5) is 12.1. The van der Waals surface area contributed by atoms with Crippen molar-refractivity contribution in [2.45, 2.75) is 24.7 Å². The Balaban J connectivity index is 2.28. The fourth-order valence-corrected chi connectivity index (χ4v) is 2.95. The highest BCUT2D eigenvalue weighted by atomic mass is 32.2. The van der Waals surface area contributed by atoms with E-state index in [0.717, 1.165) is 17.5 Å². The highest BCUT2D eigenvalue weighted by Crippen LogP contribution is 2.64. The molecule has 5 heteroatoms. The van der Waals surface area contributed by atoms with Gasteiger partial charge in [0, 0.05) is 5.92 Å². The second-order valence-corrected chi connectivity index (χ2v) is 5.78. The third-order valence-corrected chi connectivity index (χ3v) is 4.31. The summed E-state index contributed by atoms with van der Waals surface area (Å²) in [5, 5.41) is 5.35. The van der Waals surface area contributed by atoms with E-state index in [4.69, 9.17) is 9.88 Å². The zero-order valence-electron chi connectivity index (χ0n) is 10.6. The van der Waals surface area contributed by atoms with E-state index in [1.165, 1.54) is 13.2 Å². The molecule has 1 fully saturated rings. The number of carbonyl (C=O) groups excluding carboxylic acids is 1. The number of hydrogen-bond acceptors (Lipinski definition) is 4. The molecule has 98 valence electrons. The van der Waals surface area contributed by atoms with Crippen LogP contribution in [0.4, 0.5) is 4.39 Å². The molecule has 1 aromatic rings. The molecule has 2 rings (SSSR count). The van der Waals surface area contributed by atoms with Gasteiger partial charge in [-0.2, -0.15) is 0 Å². The summed E-state index contributed by atoms with van der Waals surface area (Å²) in [7, 11) is 1.38. The lowest BCUT2D eigenvalue weighted by molar-refractivity contribution is -0.143. The van der Waals surface area contributed by atoms with Crippen molar-refractivity contribution in [1.29, 1.82) is 0 Å². The van der Waals surface area contributed by atoms with Gasteiger partial charge in [-0.1, -0.05) is 19.9 Å². The maximum absolute atomic E-state index is 13.7. The average molecular weight is 269 g/mol. The Kier molecular flexibility index (Phi) is 3.38. The molecule has 0 spiro atoms. The lowest BCUT2D eigenvalue weighted by atomic mass is 10.0. The number of halogens is 1. The molecule has 1 aliphatic rings. The van der Waals surface area contributed by atoms with Crippen LogP contribution in [0.3, 0.4) is 0 Å². The first-order valence-corrected chi connectivity index (χ1v) is 6.55. The van der Waals surface area contributed by atoms with Gasteiger partial charge in [0.05, 0.1) is 17.9 Å². The van der Waals surface area contributed by atoms with E-state index < -0.39 is 0 Å². The minimum atomic E-state index is -0.341. The Bertz CT molecular complexity index is 490. The summed E-state index contributed by atoms with van der Waals surface area (Å²) >= 11 is 0.881. The lowest BCUT2D eigenvalue weighted by Crippen LogP contribution is -2.07. The largest absolute Gasteiger partial charge is 0.469 e. The van der Waals surface area contributed by atoms with E-state index in [-0.39, 0.29) is 29.0 Å². The Morgan fingerprint density at radius 1 is 1.50 bits per heavy atom. The molecule has 18 heavy (non-hydrogen) atoms. The van der Waals surface area contributed by atoms with Crippen LogP contribution in [0.15, 0.2) is 23.1 Å². The Morgan fingerprint density at radius 3 is 2.67 bits per heavy atom. The van der Waals surface area contributed by atoms with Crippen molar-refractivity contribution in [1.82, 2.24) is 0 Å². The van der Waals surface area contributed by atoms with Gasteiger partial charge in [-0.25, -0.2) is 4.39 Å². The minimum absolute atomic E-state index is 0.0104. The van der Waals surface area contributed by atoms with Crippen molar-refractivity contribution in [3.63, 3.8) is 0 Å². The Hall–Kier alpha value is -1.07. The van der Waals surface area contributed by atoms with Crippen LogP contribution in [-0.4, -0.2) is 13.1 Å². The predicted molar refractivity (Wildman–Crippen MR) is 68.5 cm³/mol. The topological polar surface area (TPSA) is 52.3 Å². The van der Waals surface area contributed by atoms with Gasteiger partial charge in [-0.15, -0.1) is 0 Å².